The van der Waals surface area contributed by atoms with Gasteiger partial charge >= 0.3 is 0 Å². The molecule has 0 aliphatic heterocycles. The predicted molar refractivity (Wildman–Crippen MR) is 91.2 cm³/mol. The zero-order valence-corrected chi connectivity index (χ0v) is 13.9. The van der Waals surface area contributed by atoms with E-state index in [1.165, 1.54) is 5.56 Å². The molecule has 23 heavy (non-hydrogen) atoms. The minimum Gasteiger partial charge on any atom is -0.494 e. The molecule has 5 nitrogen and oxygen atoms in total. The molecule has 120 valence electrons. The van der Waals surface area contributed by atoms with Crippen LogP contribution >= 0.6 is 0 Å². The molecule has 3 rings (SSSR count). The highest BCUT2D eigenvalue weighted by molar-refractivity contribution is 5.96. The number of hydrogen-bond donors (Lipinski definition) is 1. The van der Waals surface area contributed by atoms with E-state index in [0.29, 0.717) is 0 Å². The lowest BCUT2D eigenvalue weighted by molar-refractivity contribution is 0.392. The summed E-state index contributed by atoms with van der Waals surface area (Å²) in [6.07, 6.45) is 2.75. The Morgan fingerprint density at radius 3 is 2.74 bits per heavy atom. The van der Waals surface area contributed by atoms with Crippen LogP contribution in [0.5, 0.6) is 5.75 Å². The number of rotatable bonds is 5. The van der Waals surface area contributed by atoms with Crippen LogP contribution in [0.3, 0.4) is 0 Å². The summed E-state index contributed by atoms with van der Waals surface area (Å²) >= 11 is 0. The Labute approximate surface area is 135 Å². The second kappa shape index (κ2) is 6.28. The molecule has 1 N–H and O–H groups in total. The van der Waals surface area contributed by atoms with Crippen LogP contribution < -0.4 is 10.1 Å². The number of nitrogens with zero attached hydrogens (tertiary/aromatic N) is 2. The minimum atomic E-state index is 0.788. The number of ether oxygens (including phenoxy) is 1. The van der Waals surface area contributed by atoms with E-state index in [2.05, 4.69) is 28.4 Å². The van der Waals surface area contributed by atoms with Gasteiger partial charge in [-0.1, -0.05) is 17.3 Å². The quantitative estimate of drug-likeness (QED) is 0.776. The molecule has 3 aromatic rings. The van der Waals surface area contributed by atoms with Gasteiger partial charge < -0.3 is 14.6 Å². The normalized spacial score (nSPS) is 11.0. The van der Waals surface area contributed by atoms with Crippen LogP contribution in [-0.4, -0.2) is 23.8 Å². The fourth-order valence-corrected chi connectivity index (χ4v) is 2.87. The Bertz CT molecular complexity index is 820. The third-order valence-corrected chi connectivity index (χ3v) is 4.13. The van der Waals surface area contributed by atoms with Gasteiger partial charge in [0.15, 0.2) is 0 Å². The van der Waals surface area contributed by atoms with Crippen molar-refractivity contribution < 1.29 is 9.26 Å². The molecule has 5 heteroatoms. The molecular weight excluding hydrogens is 290 g/mol. The number of aryl methyl sites for hydroxylation is 3. The van der Waals surface area contributed by atoms with Crippen molar-refractivity contribution >= 4 is 16.6 Å². The molecule has 0 unspecified atom stereocenters. The number of nitrogens with one attached hydrogen (secondary N) is 1. The number of aromatic nitrogens is 2. The van der Waals surface area contributed by atoms with Gasteiger partial charge in [-0.2, -0.15) is 0 Å². The van der Waals surface area contributed by atoms with Crippen molar-refractivity contribution in [2.45, 2.75) is 27.2 Å². The fraction of sp³-hybridized carbons (Fsp3) is 0.333. The zero-order valence-electron chi connectivity index (χ0n) is 13.9. The number of fused-ring (bicyclic) bond motifs is 1. The van der Waals surface area contributed by atoms with Gasteiger partial charge in [0.1, 0.15) is 17.0 Å². The molecule has 0 atom stereocenters. The first-order chi connectivity index (χ1) is 11.1. The fourth-order valence-electron chi connectivity index (χ4n) is 2.87. The van der Waals surface area contributed by atoms with E-state index >= 15 is 0 Å². The van der Waals surface area contributed by atoms with E-state index in [-0.39, 0.29) is 0 Å². The van der Waals surface area contributed by atoms with Gasteiger partial charge in [-0.15, -0.1) is 0 Å². The molecule has 0 saturated carbocycles. The summed E-state index contributed by atoms with van der Waals surface area (Å²) < 4.78 is 10.6. The summed E-state index contributed by atoms with van der Waals surface area (Å²) in [6, 6.07) is 5.98. The molecule has 2 aromatic heterocycles. The Morgan fingerprint density at radius 1 is 1.22 bits per heavy atom. The molecule has 1 aromatic carbocycles. The lowest BCUT2D eigenvalue weighted by Gasteiger charge is -2.14. The molecule has 0 aliphatic carbocycles. The van der Waals surface area contributed by atoms with E-state index < -0.39 is 0 Å². The van der Waals surface area contributed by atoms with Crippen molar-refractivity contribution in [2.75, 3.05) is 19.0 Å². The number of para-hydroxylation sites is 1. The maximum atomic E-state index is 5.41. The Hall–Kier alpha value is -2.56. The minimum absolute atomic E-state index is 0.788. The first-order valence-corrected chi connectivity index (χ1v) is 7.69. The molecule has 0 fully saturated rings. The molecular formula is C18H21N3O2. The van der Waals surface area contributed by atoms with Gasteiger partial charge in [-0.25, -0.2) is 0 Å². The lowest BCUT2D eigenvalue weighted by Crippen LogP contribution is -2.08. The summed E-state index contributed by atoms with van der Waals surface area (Å²) in [5.41, 5.74) is 5.22. The average Bonchev–Trinajstić information content (AvgIpc) is 2.87. The molecule has 0 spiro atoms. The summed E-state index contributed by atoms with van der Waals surface area (Å²) in [7, 11) is 1.67. The first kappa shape index (κ1) is 15.3. The van der Waals surface area contributed by atoms with E-state index in [0.717, 1.165) is 52.3 Å². The third kappa shape index (κ3) is 2.86. The van der Waals surface area contributed by atoms with E-state index in [4.69, 9.17) is 9.26 Å². The highest BCUT2D eigenvalue weighted by atomic mass is 16.5. The SMILES string of the molecule is COc1cccc2c(NCCc3c(C)noc3C)c(C)cnc12. The maximum Gasteiger partial charge on any atom is 0.145 e. The standard InChI is InChI=1S/C18H21N3O2/c1-11-10-20-18-15(6-5-7-16(18)22-4)17(11)19-9-8-14-12(2)21-23-13(14)3/h5-7,10H,8-9H2,1-4H3,(H,19,20). The van der Waals surface area contributed by atoms with Gasteiger partial charge in [-0.3, -0.25) is 4.98 Å². The van der Waals surface area contributed by atoms with Gasteiger partial charge in [0.05, 0.1) is 12.8 Å². The van der Waals surface area contributed by atoms with Gasteiger partial charge in [0.2, 0.25) is 0 Å². The number of hydrogen-bond acceptors (Lipinski definition) is 5. The molecule has 0 radical (unpaired) electrons. The first-order valence-electron chi connectivity index (χ1n) is 7.69. The average molecular weight is 311 g/mol. The Balaban J connectivity index is 1.86. The molecule has 0 amide bonds. The zero-order chi connectivity index (χ0) is 16.4. The van der Waals surface area contributed by atoms with Crippen LogP contribution in [0.4, 0.5) is 5.69 Å². The number of benzene rings is 1. The van der Waals surface area contributed by atoms with Gasteiger partial charge in [0, 0.05) is 29.4 Å². The van der Waals surface area contributed by atoms with E-state index in [1.54, 1.807) is 7.11 Å². The largest absolute Gasteiger partial charge is 0.494 e. The van der Waals surface area contributed by atoms with Crippen molar-refractivity contribution in [2.24, 2.45) is 0 Å². The van der Waals surface area contributed by atoms with Gasteiger partial charge in [0.25, 0.3) is 0 Å². The van der Waals surface area contributed by atoms with Crippen molar-refractivity contribution in [3.8, 4) is 5.75 Å². The highest BCUT2D eigenvalue weighted by Crippen LogP contribution is 2.31. The third-order valence-electron chi connectivity index (χ3n) is 4.13. The lowest BCUT2D eigenvalue weighted by atomic mass is 10.1. The van der Waals surface area contributed by atoms with Crippen molar-refractivity contribution in [1.82, 2.24) is 10.1 Å². The van der Waals surface area contributed by atoms with Crippen LogP contribution in [0.25, 0.3) is 10.9 Å². The van der Waals surface area contributed by atoms with Gasteiger partial charge in [-0.05, 0) is 38.8 Å². The second-order valence-corrected chi connectivity index (χ2v) is 5.65. The number of methoxy groups -OCH3 is 1. The highest BCUT2D eigenvalue weighted by Gasteiger charge is 2.11. The van der Waals surface area contributed by atoms with Crippen LogP contribution in [-0.2, 0) is 6.42 Å². The van der Waals surface area contributed by atoms with Crippen molar-refractivity contribution in [1.29, 1.82) is 0 Å². The Morgan fingerprint density at radius 2 is 2.04 bits per heavy atom. The Kier molecular flexibility index (Phi) is 4.19. The summed E-state index contributed by atoms with van der Waals surface area (Å²) in [5.74, 6) is 1.68. The monoisotopic (exact) mass is 311 g/mol. The molecule has 0 aliphatic rings. The summed E-state index contributed by atoms with van der Waals surface area (Å²) in [5, 5.41) is 8.61. The van der Waals surface area contributed by atoms with Crippen LogP contribution in [0.1, 0.15) is 22.6 Å². The number of pyridine rings is 1. The maximum absolute atomic E-state index is 5.41. The van der Waals surface area contributed by atoms with Crippen molar-refractivity contribution in [3.05, 3.63) is 47.0 Å². The topological polar surface area (TPSA) is 60.2 Å². The van der Waals surface area contributed by atoms with Crippen molar-refractivity contribution in [3.63, 3.8) is 0 Å². The predicted octanol–water partition coefficient (Wildman–Crippen LogP) is 3.81. The molecule has 0 saturated heterocycles. The molecule has 0 bridgehead atoms. The van der Waals surface area contributed by atoms with E-state index in [9.17, 15) is 0 Å². The number of anilines is 1. The van der Waals surface area contributed by atoms with Crippen LogP contribution in [0.15, 0.2) is 28.9 Å². The van der Waals surface area contributed by atoms with Crippen LogP contribution in [0, 0.1) is 20.8 Å². The second-order valence-electron chi connectivity index (χ2n) is 5.65. The van der Waals surface area contributed by atoms with E-state index in [1.807, 2.05) is 32.2 Å². The summed E-state index contributed by atoms with van der Waals surface area (Å²) in [6.45, 7) is 6.79. The van der Waals surface area contributed by atoms with Crippen LogP contribution in [0.2, 0.25) is 0 Å². The summed E-state index contributed by atoms with van der Waals surface area (Å²) in [4.78, 5) is 4.51. The smallest absolute Gasteiger partial charge is 0.145 e. The molecule has 2 heterocycles.